The summed E-state index contributed by atoms with van der Waals surface area (Å²) >= 11 is 0. The van der Waals surface area contributed by atoms with Gasteiger partial charge in [0.2, 0.25) is 0 Å². The Morgan fingerprint density at radius 2 is 2.09 bits per heavy atom. The summed E-state index contributed by atoms with van der Waals surface area (Å²) in [5, 5.41) is 34.3. The highest BCUT2D eigenvalue weighted by atomic mass is 15.5. The minimum atomic E-state index is -0.236. The molecule has 0 bridgehead atoms. The number of rotatable bonds is 7. The highest BCUT2D eigenvalue weighted by molar-refractivity contribution is 6.00. The number of nitriles is 2. The van der Waals surface area contributed by atoms with E-state index in [-0.39, 0.29) is 12.2 Å². The van der Waals surface area contributed by atoms with E-state index in [0.717, 1.165) is 49.3 Å². The third kappa shape index (κ3) is 5.53. The van der Waals surface area contributed by atoms with Gasteiger partial charge < -0.3 is 10.6 Å². The van der Waals surface area contributed by atoms with Gasteiger partial charge in [0.1, 0.15) is 23.8 Å². The first kappa shape index (κ1) is 23.7. The molecule has 178 valence electrons. The number of H-pyrrole nitrogens is 1. The normalized spacial score (nSPS) is 24.8. The van der Waals surface area contributed by atoms with E-state index in [0.29, 0.717) is 36.4 Å². The van der Waals surface area contributed by atoms with Gasteiger partial charge in [-0.3, -0.25) is 15.5 Å². The number of hydrogen-bond acceptors (Lipinski definition) is 9. The summed E-state index contributed by atoms with van der Waals surface area (Å²) in [5.41, 5.74) is 6.09. The Bertz CT molecular complexity index is 1080. The lowest BCUT2D eigenvalue weighted by molar-refractivity contribution is 0.109. The van der Waals surface area contributed by atoms with Crippen LogP contribution in [0.25, 0.3) is 0 Å². The average molecular weight is 461 g/mol. The maximum absolute atomic E-state index is 9.09. The first-order chi connectivity index (χ1) is 16.6. The first-order valence-electron chi connectivity index (χ1n) is 12.0. The van der Waals surface area contributed by atoms with Crippen LogP contribution in [0.4, 0.5) is 5.82 Å². The molecule has 34 heavy (non-hydrogen) atoms. The molecule has 0 aliphatic carbocycles. The Morgan fingerprint density at radius 1 is 1.21 bits per heavy atom. The predicted octanol–water partition coefficient (Wildman–Crippen LogP) is 2.45. The SMILES string of the molecule is CCC1CC(NC2=NC(Nc3cc(C#N)[nH]n3)Cc3ncccc32)CC(CC)N(CCC#N)N1. The van der Waals surface area contributed by atoms with Crippen molar-refractivity contribution in [2.45, 2.75) is 76.7 Å². The summed E-state index contributed by atoms with van der Waals surface area (Å²) in [6.07, 6.45) is 6.66. The predicted molar refractivity (Wildman–Crippen MR) is 130 cm³/mol. The zero-order valence-corrected chi connectivity index (χ0v) is 19.8. The minimum Gasteiger partial charge on any atom is -0.367 e. The lowest BCUT2D eigenvalue weighted by atomic mass is 9.97. The van der Waals surface area contributed by atoms with Crippen LogP contribution in [-0.2, 0) is 6.42 Å². The smallest absolute Gasteiger partial charge is 0.150 e. The van der Waals surface area contributed by atoms with E-state index in [1.807, 2.05) is 12.3 Å². The fourth-order valence-electron chi connectivity index (χ4n) is 4.75. The van der Waals surface area contributed by atoms with Crippen LogP contribution in [0.15, 0.2) is 29.4 Å². The second kappa shape index (κ2) is 11.1. The van der Waals surface area contributed by atoms with E-state index < -0.39 is 0 Å². The summed E-state index contributed by atoms with van der Waals surface area (Å²) in [6.45, 7) is 5.12. The number of anilines is 1. The Balaban J connectivity index is 1.55. The van der Waals surface area contributed by atoms with Gasteiger partial charge in [0, 0.05) is 55.3 Å². The van der Waals surface area contributed by atoms with Crippen molar-refractivity contribution in [3.05, 3.63) is 41.3 Å². The molecule has 2 aliphatic heterocycles. The van der Waals surface area contributed by atoms with Crippen LogP contribution in [0.5, 0.6) is 0 Å². The summed E-state index contributed by atoms with van der Waals surface area (Å²) in [5.74, 6) is 1.43. The quantitative estimate of drug-likeness (QED) is 0.494. The molecule has 10 nitrogen and oxygen atoms in total. The fourth-order valence-corrected chi connectivity index (χ4v) is 4.75. The lowest BCUT2D eigenvalue weighted by Gasteiger charge is -2.31. The molecule has 4 unspecified atom stereocenters. The minimum absolute atomic E-state index is 0.232. The number of hydrazine groups is 1. The third-order valence-electron chi connectivity index (χ3n) is 6.51. The molecule has 0 aromatic carbocycles. The average Bonchev–Trinajstić information content (AvgIpc) is 3.24. The zero-order chi connectivity index (χ0) is 23.9. The van der Waals surface area contributed by atoms with Gasteiger partial charge >= 0.3 is 0 Å². The summed E-state index contributed by atoms with van der Waals surface area (Å²) in [4.78, 5) is 9.60. The number of hydrogen-bond donors (Lipinski definition) is 4. The van der Waals surface area contributed by atoms with Gasteiger partial charge in [-0.25, -0.2) is 10.0 Å². The maximum Gasteiger partial charge on any atom is 0.150 e. The van der Waals surface area contributed by atoms with Crippen LogP contribution in [-0.4, -0.2) is 56.9 Å². The van der Waals surface area contributed by atoms with E-state index >= 15 is 0 Å². The molecule has 2 aliphatic rings. The number of amidine groups is 1. The van der Waals surface area contributed by atoms with Crippen molar-refractivity contribution in [1.29, 1.82) is 10.5 Å². The summed E-state index contributed by atoms with van der Waals surface area (Å²) in [7, 11) is 0. The number of fused-ring (bicyclic) bond motifs is 1. The lowest BCUT2D eigenvalue weighted by Crippen LogP contribution is -2.48. The number of aliphatic imine (C=N–C) groups is 1. The van der Waals surface area contributed by atoms with Gasteiger partial charge in [0.15, 0.2) is 5.82 Å². The van der Waals surface area contributed by atoms with Crippen LogP contribution >= 0.6 is 0 Å². The highest BCUT2D eigenvalue weighted by Crippen LogP contribution is 2.23. The third-order valence-corrected chi connectivity index (χ3v) is 6.51. The fraction of sp³-hybridized carbons (Fsp3) is 0.542. The molecular formula is C24H32N10. The molecule has 0 amide bonds. The van der Waals surface area contributed by atoms with E-state index in [2.05, 4.69) is 68.3 Å². The molecule has 1 fully saturated rings. The molecule has 0 spiro atoms. The van der Waals surface area contributed by atoms with E-state index in [9.17, 15) is 0 Å². The molecule has 4 N–H and O–H groups in total. The number of nitrogens with one attached hydrogen (secondary N) is 4. The van der Waals surface area contributed by atoms with Crippen LogP contribution in [0, 0.1) is 22.7 Å². The molecule has 0 radical (unpaired) electrons. The van der Waals surface area contributed by atoms with E-state index in [1.165, 1.54) is 0 Å². The Morgan fingerprint density at radius 3 is 2.82 bits per heavy atom. The number of pyridine rings is 1. The molecular weight excluding hydrogens is 428 g/mol. The van der Waals surface area contributed by atoms with Crippen LogP contribution in [0.2, 0.25) is 0 Å². The van der Waals surface area contributed by atoms with Crippen LogP contribution in [0.1, 0.15) is 62.9 Å². The van der Waals surface area contributed by atoms with Gasteiger partial charge in [-0.1, -0.05) is 13.8 Å². The van der Waals surface area contributed by atoms with Gasteiger partial charge in [-0.05, 0) is 37.8 Å². The molecule has 1 saturated heterocycles. The molecule has 2 aromatic rings. The highest BCUT2D eigenvalue weighted by Gasteiger charge is 2.31. The molecule has 4 atom stereocenters. The molecule has 10 heteroatoms. The second-order valence-electron chi connectivity index (χ2n) is 8.83. The van der Waals surface area contributed by atoms with Crippen molar-refractivity contribution in [2.75, 3.05) is 11.9 Å². The summed E-state index contributed by atoms with van der Waals surface area (Å²) < 4.78 is 0. The van der Waals surface area contributed by atoms with Crippen molar-refractivity contribution < 1.29 is 0 Å². The van der Waals surface area contributed by atoms with Crippen LogP contribution in [0.3, 0.4) is 0 Å². The first-order valence-corrected chi connectivity index (χ1v) is 12.0. The number of aromatic amines is 1. The number of aromatic nitrogens is 3. The monoisotopic (exact) mass is 460 g/mol. The number of nitrogens with zero attached hydrogens (tertiary/aromatic N) is 6. The standard InChI is InChI=1S/C24H32N10/c1-3-16-11-17(12-19(4-2)34(33-16)10-6-8-25)28-24-20-7-5-9-27-21(20)14-22(30-24)29-23-13-18(15-26)31-32-23/h5,7,9,13,16-17,19,22,33H,3-4,6,10-12,14H2,1-2H3,(H,28,30)(H2,29,31,32). The Kier molecular flexibility index (Phi) is 7.73. The van der Waals surface area contributed by atoms with Crippen molar-refractivity contribution >= 4 is 11.7 Å². The van der Waals surface area contributed by atoms with Gasteiger partial charge in [-0.15, -0.1) is 0 Å². The van der Waals surface area contributed by atoms with Gasteiger partial charge in [-0.2, -0.15) is 15.6 Å². The van der Waals surface area contributed by atoms with Crippen LogP contribution < -0.4 is 16.1 Å². The summed E-state index contributed by atoms with van der Waals surface area (Å²) in [6, 6.07) is 10.9. The largest absolute Gasteiger partial charge is 0.367 e. The topological polar surface area (TPSA) is 141 Å². The van der Waals surface area contributed by atoms with Gasteiger partial charge in [0.25, 0.3) is 0 Å². The Hall–Kier alpha value is -3.47. The van der Waals surface area contributed by atoms with E-state index in [4.69, 9.17) is 15.5 Å². The maximum atomic E-state index is 9.09. The molecule has 4 rings (SSSR count). The van der Waals surface area contributed by atoms with Crippen molar-refractivity contribution in [3.8, 4) is 12.1 Å². The molecule has 0 saturated carbocycles. The van der Waals surface area contributed by atoms with Gasteiger partial charge in [0.05, 0.1) is 11.8 Å². The second-order valence-corrected chi connectivity index (χ2v) is 8.83. The van der Waals surface area contributed by atoms with Crippen molar-refractivity contribution in [2.24, 2.45) is 4.99 Å². The van der Waals surface area contributed by atoms with Crippen molar-refractivity contribution in [3.63, 3.8) is 0 Å². The van der Waals surface area contributed by atoms with E-state index in [1.54, 1.807) is 6.07 Å². The Labute approximate surface area is 200 Å². The molecule has 2 aromatic heterocycles. The molecule has 4 heterocycles. The van der Waals surface area contributed by atoms with Crippen molar-refractivity contribution in [1.82, 2.24) is 30.9 Å². The zero-order valence-electron chi connectivity index (χ0n) is 19.8.